The highest BCUT2D eigenvalue weighted by Crippen LogP contribution is 2.21. The number of aliphatic hydroxyl groups excluding tert-OH is 1. The Labute approximate surface area is 180 Å². The van der Waals surface area contributed by atoms with E-state index in [4.69, 9.17) is 11.6 Å². The molecule has 2 atom stereocenters. The van der Waals surface area contributed by atoms with Crippen LogP contribution in [-0.4, -0.2) is 70.0 Å². The molecular weight excluding hydrogens is 438 g/mol. The summed E-state index contributed by atoms with van der Waals surface area (Å²) < 4.78 is 0.284. The third-order valence-corrected chi connectivity index (χ3v) is 6.42. The molecule has 0 spiro atoms. The number of aromatic nitrogens is 2. The van der Waals surface area contributed by atoms with Gasteiger partial charge in [-0.3, -0.25) is 14.4 Å². The number of halogens is 1. The molecule has 0 aromatic carbocycles. The molecule has 0 saturated carbocycles. The Balaban J connectivity index is 1.54. The molecule has 3 heterocycles. The average molecular weight is 458 g/mol. The lowest BCUT2D eigenvalue weighted by Crippen LogP contribution is -2.42. The number of nitrogens with zero attached hydrogens (tertiary/aromatic N) is 3. The SMILES string of the molecule is O=C(NCC(=O)N1CCC(CO)C(NC(=O)c2cnc(Cl)s2)CC1)c1cscn1. The molecular formula is C17H20ClN5O4S2. The first-order valence-corrected chi connectivity index (χ1v) is 11.1. The van der Waals surface area contributed by atoms with E-state index in [0.29, 0.717) is 30.8 Å². The van der Waals surface area contributed by atoms with Gasteiger partial charge in [-0.25, -0.2) is 9.97 Å². The summed E-state index contributed by atoms with van der Waals surface area (Å²) in [5.74, 6) is -1.08. The first kappa shape index (κ1) is 21.6. The Kier molecular flexibility index (Phi) is 7.53. The van der Waals surface area contributed by atoms with E-state index in [9.17, 15) is 19.5 Å². The summed E-state index contributed by atoms with van der Waals surface area (Å²) >= 11 is 8.16. The molecule has 2 aromatic rings. The van der Waals surface area contributed by atoms with Gasteiger partial charge in [-0.2, -0.15) is 0 Å². The summed E-state index contributed by atoms with van der Waals surface area (Å²) in [7, 11) is 0. The molecule has 29 heavy (non-hydrogen) atoms. The molecule has 3 N–H and O–H groups in total. The molecule has 156 valence electrons. The second-order valence-electron chi connectivity index (χ2n) is 6.51. The smallest absolute Gasteiger partial charge is 0.271 e. The van der Waals surface area contributed by atoms with E-state index in [1.165, 1.54) is 17.5 Å². The van der Waals surface area contributed by atoms with Crippen molar-refractivity contribution in [3.63, 3.8) is 0 Å². The van der Waals surface area contributed by atoms with Crippen LogP contribution in [0.4, 0.5) is 0 Å². The van der Waals surface area contributed by atoms with Crippen molar-refractivity contribution in [1.29, 1.82) is 0 Å². The number of nitrogens with one attached hydrogen (secondary N) is 2. The van der Waals surface area contributed by atoms with Crippen molar-refractivity contribution < 1.29 is 19.5 Å². The number of hydrogen-bond donors (Lipinski definition) is 3. The first-order valence-electron chi connectivity index (χ1n) is 8.95. The molecule has 0 aliphatic carbocycles. The van der Waals surface area contributed by atoms with Crippen molar-refractivity contribution in [3.8, 4) is 0 Å². The Hall–Kier alpha value is -2.08. The van der Waals surface area contributed by atoms with E-state index < -0.39 is 5.91 Å². The minimum absolute atomic E-state index is 0.100. The predicted molar refractivity (Wildman–Crippen MR) is 109 cm³/mol. The van der Waals surface area contributed by atoms with Gasteiger partial charge in [0.1, 0.15) is 10.6 Å². The zero-order valence-electron chi connectivity index (χ0n) is 15.3. The number of hydrogen-bond acceptors (Lipinski definition) is 8. The van der Waals surface area contributed by atoms with Gasteiger partial charge in [0.2, 0.25) is 5.91 Å². The third-order valence-electron chi connectivity index (χ3n) is 4.72. The molecule has 2 aromatic heterocycles. The summed E-state index contributed by atoms with van der Waals surface area (Å²) in [4.78, 5) is 46.6. The van der Waals surface area contributed by atoms with Crippen molar-refractivity contribution in [2.45, 2.75) is 18.9 Å². The largest absolute Gasteiger partial charge is 0.396 e. The van der Waals surface area contributed by atoms with E-state index in [1.807, 2.05) is 0 Å². The number of aliphatic hydroxyl groups is 1. The molecule has 1 fully saturated rings. The van der Waals surface area contributed by atoms with Crippen LogP contribution >= 0.6 is 34.3 Å². The minimum atomic E-state index is -0.393. The topological polar surface area (TPSA) is 125 Å². The lowest BCUT2D eigenvalue weighted by atomic mass is 9.95. The van der Waals surface area contributed by atoms with Crippen LogP contribution < -0.4 is 10.6 Å². The molecule has 0 radical (unpaired) electrons. The van der Waals surface area contributed by atoms with E-state index in [-0.39, 0.29) is 47.1 Å². The van der Waals surface area contributed by atoms with Gasteiger partial charge in [0.25, 0.3) is 11.8 Å². The Morgan fingerprint density at radius 3 is 2.69 bits per heavy atom. The van der Waals surface area contributed by atoms with Gasteiger partial charge in [-0.05, 0) is 12.8 Å². The molecule has 1 saturated heterocycles. The first-order chi connectivity index (χ1) is 14.0. The van der Waals surface area contributed by atoms with Crippen molar-refractivity contribution in [2.75, 3.05) is 26.2 Å². The van der Waals surface area contributed by atoms with E-state index in [0.717, 1.165) is 11.3 Å². The Bertz CT molecular complexity index is 860. The summed E-state index contributed by atoms with van der Waals surface area (Å²) in [5.41, 5.74) is 1.83. The third kappa shape index (κ3) is 5.72. The fourth-order valence-electron chi connectivity index (χ4n) is 3.10. The van der Waals surface area contributed by atoms with Gasteiger partial charge in [0.05, 0.1) is 18.3 Å². The molecule has 1 aliphatic rings. The molecule has 1 aliphatic heterocycles. The van der Waals surface area contributed by atoms with Crippen molar-refractivity contribution in [1.82, 2.24) is 25.5 Å². The van der Waals surface area contributed by atoms with Gasteiger partial charge in [0, 0.05) is 37.0 Å². The van der Waals surface area contributed by atoms with E-state index in [2.05, 4.69) is 20.6 Å². The van der Waals surface area contributed by atoms with Gasteiger partial charge >= 0.3 is 0 Å². The van der Waals surface area contributed by atoms with E-state index in [1.54, 1.807) is 15.8 Å². The van der Waals surface area contributed by atoms with Gasteiger partial charge in [0.15, 0.2) is 4.47 Å². The monoisotopic (exact) mass is 457 g/mol. The van der Waals surface area contributed by atoms with Crippen LogP contribution in [0, 0.1) is 5.92 Å². The molecule has 0 bridgehead atoms. The maximum absolute atomic E-state index is 12.5. The predicted octanol–water partition coefficient (Wildman–Crippen LogP) is 1.01. The fraction of sp³-hybridized carbons (Fsp3) is 0.471. The standard InChI is InChI=1S/C17H20ClN5O4S2/c18-17-20-5-13(29-17)16(27)22-11-2-4-23(3-1-10(11)7-24)14(25)6-19-15(26)12-8-28-9-21-12/h5,8-11,24H,1-4,6-7H2,(H,19,26)(H,22,27). The lowest BCUT2D eigenvalue weighted by Gasteiger charge is -2.23. The van der Waals surface area contributed by atoms with Gasteiger partial charge < -0.3 is 20.6 Å². The Morgan fingerprint density at radius 2 is 2.03 bits per heavy atom. The second-order valence-corrected chi connectivity index (χ2v) is 8.85. The van der Waals surface area contributed by atoms with Crippen molar-refractivity contribution in [2.24, 2.45) is 5.92 Å². The average Bonchev–Trinajstić information content (AvgIpc) is 3.35. The lowest BCUT2D eigenvalue weighted by molar-refractivity contribution is -0.130. The highest BCUT2D eigenvalue weighted by Gasteiger charge is 2.29. The summed E-state index contributed by atoms with van der Waals surface area (Å²) in [6, 6.07) is -0.282. The van der Waals surface area contributed by atoms with Crippen molar-refractivity contribution >= 4 is 52.0 Å². The van der Waals surface area contributed by atoms with Crippen LogP contribution in [-0.2, 0) is 4.79 Å². The van der Waals surface area contributed by atoms with Crippen LogP contribution in [0.5, 0.6) is 0 Å². The number of thiazole rings is 2. The molecule has 3 amide bonds. The Morgan fingerprint density at radius 1 is 1.24 bits per heavy atom. The van der Waals surface area contributed by atoms with Crippen LogP contribution in [0.3, 0.4) is 0 Å². The zero-order valence-corrected chi connectivity index (χ0v) is 17.7. The number of amides is 3. The fourth-order valence-corrected chi connectivity index (χ4v) is 4.48. The molecule has 9 nitrogen and oxygen atoms in total. The number of carbonyl (C=O) groups excluding carboxylic acids is 3. The van der Waals surface area contributed by atoms with E-state index >= 15 is 0 Å². The molecule has 3 rings (SSSR count). The number of carbonyl (C=O) groups is 3. The summed E-state index contributed by atoms with van der Waals surface area (Å²) in [5, 5.41) is 16.8. The highest BCUT2D eigenvalue weighted by molar-refractivity contribution is 7.17. The maximum Gasteiger partial charge on any atom is 0.271 e. The normalized spacial score (nSPS) is 19.4. The zero-order chi connectivity index (χ0) is 20.8. The molecule has 2 unspecified atom stereocenters. The summed E-state index contributed by atoms with van der Waals surface area (Å²) in [6.07, 6.45) is 2.44. The second kappa shape index (κ2) is 10.1. The highest BCUT2D eigenvalue weighted by atomic mass is 35.5. The van der Waals surface area contributed by atoms with Gasteiger partial charge in [-0.15, -0.1) is 11.3 Å². The quantitative estimate of drug-likeness (QED) is 0.594. The number of rotatable bonds is 6. The van der Waals surface area contributed by atoms with Crippen LogP contribution in [0.1, 0.15) is 33.0 Å². The molecule has 12 heteroatoms. The van der Waals surface area contributed by atoms with Crippen LogP contribution in [0.2, 0.25) is 4.47 Å². The van der Waals surface area contributed by atoms with Gasteiger partial charge in [-0.1, -0.05) is 22.9 Å². The van der Waals surface area contributed by atoms with Crippen LogP contribution in [0.15, 0.2) is 17.1 Å². The van der Waals surface area contributed by atoms with Crippen molar-refractivity contribution in [3.05, 3.63) is 32.1 Å². The maximum atomic E-state index is 12.5. The minimum Gasteiger partial charge on any atom is -0.396 e. The van der Waals surface area contributed by atoms with Crippen LogP contribution in [0.25, 0.3) is 0 Å². The number of likely N-dealkylation sites (tertiary alicyclic amines) is 1. The summed E-state index contributed by atoms with van der Waals surface area (Å²) in [6.45, 7) is 0.624.